The van der Waals surface area contributed by atoms with Crippen LogP contribution in [0.15, 0.2) is 40.9 Å². The number of Topliss-reactive ketones (excluding diaryl/α,β-unsaturated/α-hetero) is 2. The van der Waals surface area contributed by atoms with Gasteiger partial charge in [0.05, 0.1) is 11.7 Å². The minimum absolute atomic E-state index is 0.125. The first kappa shape index (κ1) is 18.2. The number of carbonyl (C=O) groups is 3. The summed E-state index contributed by atoms with van der Waals surface area (Å²) in [7, 11) is 0. The maximum Gasteiger partial charge on any atom is 0.255 e. The van der Waals surface area contributed by atoms with Crippen LogP contribution in [0.4, 0.5) is 0 Å². The Hall–Kier alpha value is -3.17. The van der Waals surface area contributed by atoms with Gasteiger partial charge in [-0.1, -0.05) is 12.1 Å². The van der Waals surface area contributed by atoms with Crippen molar-refractivity contribution in [2.45, 2.75) is 24.5 Å². The molecular formula is C19H17NO8. The predicted octanol–water partition coefficient (Wildman–Crippen LogP) is 0.0714. The molecule has 0 aliphatic heterocycles. The first-order valence-electron chi connectivity index (χ1n) is 8.58. The van der Waals surface area contributed by atoms with Gasteiger partial charge in [0, 0.05) is 23.8 Å². The van der Waals surface area contributed by atoms with Gasteiger partial charge in [0.15, 0.2) is 11.4 Å². The second-order valence-corrected chi connectivity index (χ2v) is 7.30. The predicted molar refractivity (Wildman–Crippen MR) is 92.1 cm³/mol. The molecule has 3 aliphatic carbocycles. The molecule has 1 aromatic rings. The van der Waals surface area contributed by atoms with Crippen LogP contribution < -0.4 is 5.73 Å². The van der Waals surface area contributed by atoms with E-state index in [4.69, 9.17) is 5.73 Å². The molecule has 4 atom stereocenters. The number of amides is 1. The number of fused-ring (bicyclic) bond motifs is 3. The molecule has 0 aromatic heterocycles. The van der Waals surface area contributed by atoms with Gasteiger partial charge in [-0.05, 0) is 18.1 Å². The Kier molecular flexibility index (Phi) is 3.68. The number of ketones is 2. The molecule has 1 amide bonds. The molecule has 0 heterocycles. The van der Waals surface area contributed by atoms with E-state index >= 15 is 0 Å². The fourth-order valence-electron chi connectivity index (χ4n) is 4.57. The summed E-state index contributed by atoms with van der Waals surface area (Å²) in [6.07, 6.45) is -1.76. The van der Waals surface area contributed by atoms with Crippen LogP contribution in [-0.4, -0.2) is 48.6 Å². The average Bonchev–Trinajstić information content (AvgIpc) is 2.62. The Labute approximate surface area is 158 Å². The summed E-state index contributed by atoms with van der Waals surface area (Å²) in [4.78, 5) is 37.2. The lowest BCUT2D eigenvalue weighted by Crippen LogP contribution is -2.57. The van der Waals surface area contributed by atoms with Gasteiger partial charge in [0.1, 0.15) is 22.8 Å². The monoisotopic (exact) mass is 387 g/mol. The molecule has 4 rings (SSSR count). The Morgan fingerprint density at radius 3 is 2.50 bits per heavy atom. The molecule has 7 N–H and O–H groups in total. The molecule has 0 radical (unpaired) electrons. The Balaban J connectivity index is 1.95. The minimum Gasteiger partial charge on any atom is -0.511 e. The molecule has 0 bridgehead atoms. The smallest absolute Gasteiger partial charge is 0.255 e. The van der Waals surface area contributed by atoms with Gasteiger partial charge in [-0.3, -0.25) is 14.4 Å². The Morgan fingerprint density at radius 2 is 1.86 bits per heavy atom. The van der Waals surface area contributed by atoms with Gasteiger partial charge in [0.2, 0.25) is 5.78 Å². The van der Waals surface area contributed by atoms with Gasteiger partial charge < -0.3 is 31.3 Å². The van der Waals surface area contributed by atoms with E-state index in [2.05, 4.69) is 0 Å². The number of hydrogen-bond donors (Lipinski definition) is 6. The molecule has 1 aromatic carbocycles. The third-order valence-electron chi connectivity index (χ3n) is 5.91. The summed E-state index contributed by atoms with van der Waals surface area (Å²) in [5.41, 5.74) is 1.17. The average molecular weight is 387 g/mol. The van der Waals surface area contributed by atoms with Gasteiger partial charge in [0.25, 0.3) is 5.91 Å². The number of benzene rings is 1. The largest absolute Gasteiger partial charge is 0.511 e. The van der Waals surface area contributed by atoms with Crippen molar-refractivity contribution >= 4 is 17.5 Å². The molecule has 0 saturated carbocycles. The number of nitrogens with two attached hydrogens (primary N) is 1. The van der Waals surface area contributed by atoms with E-state index in [-0.39, 0.29) is 24.0 Å². The molecule has 146 valence electrons. The number of phenolic OH excluding ortho intramolecular Hbond substituents is 1. The van der Waals surface area contributed by atoms with Crippen molar-refractivity contribution in [1.82, 2.24) is 0 Å². The zero-order valence-electron chi connectivity index (χ0n) is 14.4. The number of primary amides is 1. The summed E-state index contributed by atoms with van der Waals surface area (Å²) in [6.45, 7) is 0. The van der Waals surface area contributed by atoms with Crippen molar-refractivity contribution in [3.8, 4) is 5.75 Å². The first-order chi connectivity index (χ1) is 13.1. The lowest BCUT2D eigenvalue weighted by Gasteiger charge is -2.46. The molecule has 0 saturated heterocycles. The molecule has 9 heteroatoms. The summed E-state index contributed by atoms with van der Waals surface area (Å²) < 4.78 is 0. The molecule has 28 heavy (non-hydrogen) atoms. The molecule has 3 aliphatic rings. The van der Waals surface area contributed by atoms with Gasteiger partial charge in [-0.15, -0.1) is 0 Å². The second kappa shape index (κ2) is 5.66. The highest BCUT2D eigenvalue weighted by molar-refractivity contribution is 6.24. The van der Waals surface area contributed by atoms with Crippen LogP contribution in [0.5, 0.6) is 5.75 Å². The van der Waals surface area contributed by atoms with Gasteiger partial charge in [-0.25, -0.2) is 0 Å². The lowest BCUT2D eigenvalue weighted by atomic mass is 9.59. The lowest BCUT2D eigenvalue weighted by molar-refractivity contribution is -0.145. The summed E-state index contributed by atoms with van der Waals surface area (Å²) in [5, 5.41) is 52.6. The minimum atomic E-state index is -2.64. The molecule has 9 nitrogen and oxygen atoms in total. The fraction of sp³-hybridized carbons (Fsp3) is 0.316. The van der Waals surface area contributed by atoms with Crippen molar-refractivity contribution in [3.63, 3.8) is 0 Å². The number of phenols is 1. The van der Waals surface area contributed by atoms with E-state index in [9.17, 15) is 39.9 Å². The van der Waals surface area contributed by atoms with E-state index in [1.165, 1.54) is 18.2 Å². The molecule has 1 unspecified atom stereocenters. The van der Waals surface area contributed by atoms with Crippen molar-refractivity contribution in [2.24, 2.45) is 17.6 Å². The summed E-state index contributed by atoms with van der Waals surface area (Å²) >= 11 is 0. The van der Waals surface area contributed by atoms with Crippen LogP contribution in [0.25, 0.3) is 0 Å². The van der Waals surface area contributed by atoms with Crippen molar-refractivity contribution in [2.75, 3.05) is 0 Å². The normalized spacial score (nSPS) is 32.0. The Bertz CT molecular complexity index is 1020. The number of aliphatic hydroxyl groups excluding tert-OH is 3. The standard InChI is InChI=1S/C19H17NO8/c20-18(27)13-10(22)5-6-4-8-12(16(25)19(6,28)17(13)26)15(24)11-7(14(8)23)2-1-3-9(11)21/h1-3,6,8,14,21-23,25,28H,4-5H2,(H2,20,27)/t6-,8?,14+,19-/m0/s1. The van der Waals surface area contributed by atoms with E-state index < -0.39 is 69.4 Å². The van der Waals surface area contributed by atoms with Crippen LogP contribution in [0, 0.1) is 11.8 Å². The van der Waals surface area contributed by atoms with Crippen LogP contribution in [0.3, 0.4) is 0 Å². The maximum atomic E-state index is 13.0. The highest BCUT2D eigenvalue weighted by atomic mass is 16.3. The van der Waals surface area contributed by atoms with Crippen LogP contribution >= 0.6 is 0 Å². The highest BCUT2D eigenvalue weighted by Gasteiger charge is 2.60. The third kappa shape index (κ3) is 2.05. The highest BCUT2D eigenvalue weighted by Crippen LogP contribution is 2.54. The van der Waals surface area contributed by atoms with E-state index in [1.807, 2.05) is 0 Å². The number of aliphatic hydroxyl groups is 4. The number of aromatic hydroxyl groups is 1. The zero-order valence-corrected chi connectivity index (χ0v) is 14.4. The van der Waals surface area contributed by atoms with Crippen molar-refractivity contribution in [3.05, 3.63) is 52.0 Å². The van der Waals surface area contributed by atoms with E-state index in [0.29, 0.717) is 0 Å². The SMILES string of the molecule is NC(=O)C1=C(O)C[C@@H]2CC3C(=C(O)[C@]2(O)C1=O)C(=O)c1c(O)cccc1[C@H]3O. The van der Waals surface area contributed by atoms with Gasteiger partial charge >= 0.3 is 0 Å². The quantitative estimate of drug-likeness (QED) is 0.366. The van der Waals surface area contributed by atoms with E-state index in [1.54, 1.807) is 0 Å². The van der Waals surface area contributed by atoms with Crippen LogP contribution in [0.1, 0.15) is 34.9 Å². The fourth-order valence-corrected chi connectivity index (χ4v) is 4.57. The summed E-state index contributed by atoms with van der Waals surface area (Å²) in [6, 6.07) is 4.15. The summed E-state index contributed by atoms with van der Waals surface area (Å²) in [5.74, 6) is -7.49. The number of carbonyl (C=O) groups excluding carboxylic acids is 3. The first-order valence-corrected chi connectivity index (χ1v) is 8.58. The van der Waals surface area contributed by atoms with Crippen LogP contribution in [-0.2, 0) is 9.59 Å². The topological polar surface area (TPSA) is 178 Å². The van der Waals surface area contributed by atoms with Gasteiger partial charge in [-0.2, -0.15) is 0 Å². The Morgan fingerprint density at radius 1 is 1.18 bits per heavy atom. The molecule has 0 spiro atoms. The van der Waals surface area contributed by atoms with E-state index in [0.717, 1.165) is 0 Å². The van der Waals surface area contributed by atoms with Crippen molar-refractivity contribution < 1.29 is 39.9 Å². The number of rotatable bonds is 1. The van der Waals surface area contributed by atoms with Crippen molar-refractivity contribution in [1.29, 1.82) is 0 Å². The maximum absolute atomic E-state index is 13.0. The second-order valence-electron chi connectivity index (χ2n) is 7.30. The zero-order chi connectivity index (χ0) is 20.5. The van der Waals surface area contributed by atoms with Crippen LogP contribution in [0.2, 0.25) is 0 Å². The molecule has 0 fully saturated rings. The third-order valence-corrected chi connectivity index (χ3v) is 5.91. The number of allylic oxidation sites excluding steroid dienone is 1. The molecular weight excluding hydrogens is 370 g/mol. The number of hydrogen-bond acceptors (Lipinski definition) is 8.